The Hall–Kier alpha value is -12.3. The predicted molar refractivity (Wildman–Crippen MR) is 404 cm³/mol. The van der Waals surface area contributed by atoms with Gasteiger partial charge in [-0.2, -0.15) is 8.78 Å². The van der Waals surface area contributed by atoms with Gasteiger partial charge in [-0.25, -0.2) is 46.3 Å². The zero-order valence-electron chi connectivity index (χ0n) is 65.5. The first-order chi connectivity index (χ1) is 54.5. The molecule has 0 saturated heterocycles. The van der Waals surface area contributed by atoms with Gasteiger partial charge in [0.15, 0.2) is 81.9 Å². The number of pyridine rings is 4. The van der Waals surface area contributed by atoms with Crippen LogP contribution in [0.5, 0.6) is 23.1 Å². The third-order valence-corrected chi connectivity index (χ3v) is 17.2. The van der Waals surface area contributed by atoms with Gasteiger partial charge in [0.2, 0.25) is 11.6 Å². The molecule has 0 saturated carbocycles. The number of nitrogen functional groups attached to an aromatic ring is 4. The minimum absolute atomic E-state index is 0.00753. The second kappa shape index (κ2) is 43.3. The molecule has 0 aliphatic rings. The molecule has 12 N–H and O–H groups in total. The molecule has 4 unspecified atom stereocenters. The van der Waals surface area contributed by atoms with E-state index in [4.69, 9.17) is 60.8 Å². The lowest BCUT2D eigenvalue weighted by Gasteiger charge is -2.26. The van der Waals surface area contributed by atoms with Crippen molar-refractivity contribution in [3.05, 3.63) is 196 Å². The first-order valence-corrected chi connectivity index (χ1v) is 35.0. The summed E-state index contributed by atoms with van der Waals surface area (Å²) < 4.78 is 155. The van der Waals surface area contributed by atoms with Crippen molar-refractivity contribution in [3.63, 3.8) is 0 Å². The number of anilines is 4. The van der Waals surface area contributed by atoms with Crippen LogP contribution in [0.3, 0.4) is 0 Å². The molecular weight excluding hydrogens is 1540 g/mol. The van der Waals surface area contributed by atoms with Gasteiger partial charge in [0.1, 0.15) is 71.8 Å². The number of nitrogens with zero attached hydrogens (tertiary/aromatic N) is 5. The number of ether oxygens (including phenoxy) is 8. The summed E-state index contributed by atoms with van der Waals surface area (Å²) in [6, 6.07) is 15.3. The van der Waals surface area contributed by atoms with Gasteiger partial charge in [-0.05, 0) is 174 Å². The highest BCUT2D eigenvalue weighted by atomic mass is 19.2. The van der Waals surface area contributed by atoms with Crippen LogP contribution in [0.15, 0.2) is 127 Å². The van der Waals surface area contributed by atoms with E-state index in [2.05, 4.69) is 50.9 Å². The van der Waals surface area contributed by atoms with Crippen molar-refractivity contribution in [2.24, 2.45) is 0 Å². The second-order valence-electron chi connectivity index (χ2n) is 27.3. The van der Waals surface area contributed by atoms with Crippen LogP contribution in [0.1, 0.15) is 83.2 Å². The highest BCUT2D eigenvalue weighted by Gasteiger charge is 2.37. The lowest BCUT2D eigenvalue weighted by atomic mass is 10.0. The first kappa shape index (κ1) is 94.3. The zero-order chi connectivity index (χ0) is 86.6. The molecule has 0 spiro atoms. The average Bonchev–Trinajstić information content (AvgIpc) is 1.05. The van der Waals surface area contributed by atoms with E-state index < -0.39 is 171 Å². The van der Waals surface area contributed by atoms with Gasteiger partial charge >= 0.3 is 0 Å². The van der Waals surface area contributed by atoms with Gasteiger partial charge in [0, 0.05) is 85.0 Å². The number of amides is 4. The molecule has 0 aliphatic carbocycles. The maximum absolute atomic E-state index is 14.1. The Morgan fingerprint density at radius 1 is 0.379 bits per heavy atom. The molecule has 0 fully saturated rings. The maximum Gasteiger partial charge on any atom is 0.254 e. The quantitative estimate of drug-likeness (QED) is 0.0139. The third-order valence-electron chi connectivity index (χ3n) is 17.2. The second-order valence-corrected chi connectivity index (χ2v) is 27.3. The summed E-state index contributed by atoms with van der Waals surface area (Å²) in [5.74, 6) is -15.8. The van der Waals surface area contributed by atoms with Crippen molar-refractivity contribution in [2.75, 3.05) is 77.8 Å². The van der Waals surface area contributed by atoms with Crippen molar-refractivity contribution in [2.45, 2.75) is 135 Å². The number of rotatable bonds is 36. The van der Waals surface area contributed by atoms with E-state index in [9.17, 15) is 73.5 Å². The topological polar surface area (TPSA) is 440 Å². The van der Waals surface area contributed by atoms with E-state index in [0.717, 1.165) is 17.7 Å². The number of para-hydroxylation sites is 1. The minimum atomic E-state index is -1.55. The summed E-state index contributed by atoms with van der Waals surface area (Å²) >= 11 is 0. The van der Waals surface area contributed by atoms with Crippen LogP contribution in [0, 0.1) is 53.5 Å². The molecule has 8 aromatic rings. The van der Waals surface area contributed by atoms with Crippen LogP contribution >= 0.6 is 0 Å². The van der Waals surface area contributed by atoms with Crippen LogP contribution in [-0.4, -0.2) is 173 Å². The Balaban J connectivity index is 0.000000276. The lowest BCUT2D eigenvalue weighted by Crippen LogP contribution is -2.52. The highest BCUT2D eigenvalue weighted by Crippen LogP contribution is 2.29. The molecule has 0 radical (unpaired) electrons. The monoisotopic (exact) mass is 1630 g/mol. The summed E-state index contributed by atoms with van der Waals surface area (Å²) in [6.07, 6.45) is 7.55. The molecular formula is C78H91F8N13O17. The summed E-state index contributed by atoms with van der Waals surface area (Å²) in [5, 5.41) is 14.0. The summed E-state index contributed by atoms with van der Waals surface area (Å²) in [7, 11) is 5.46. The number of hydrogen-bond acceptors (Lipinski definition) is 26. The Kier molecular flexibility index (Phi) is 35.2. The van der Waals surface area contributed by atoms with Crippen LogP contribution < -0.4 is 63.1 Å². The fraction of sp³-hybridized carbons (Fsp3) is 0.372. The predicted octanol–water partition coefficient (Wildman–Crippen LogP) is 7.47. The number of aryl methyl sites for hydroxylation is 1. The fourth-order valence-corrected chi connectivity index (χ4v) is 9.45. The molecule has 4 atom stereocenters. The molecule has 30 nitrogen and oxygen atoms in total. The summed E-state index contributed by atoms with van der Waals surface area (Å²) in [5.41, 5.74) is 20.3. The molecule has 5 aromatic heterocycles. The van der Waals surface area contributed by atoms with Crippen molar-refractivity contribution in [1.29, 1.82) is 0 Å². The molecule has 3 aromatic carbocycles. The largest absolute Gasteiger partial charge is 0.480 e. The number of ketones is 4. The summed E-state index contributed by atoms with van der Waals surface area (Å²) in [4.78, 5) is 116. The third kappa shape index (κ3) is 28.7. The number of benzene rings is 3. The maximum atomic E-state index is 14.1. The number of carbonyl (C=O) groups excluding carboxylic acids is 8. The van der Waals surface area contributed by atoms with Gasteiger partial charge in [0.05, 0.1) is 24.2 Å². The smallest absolute Gasteiger partial charge is 0.254 e. The first-order valence-electron chi connectivity index (χ1n) is 35.0. The van der Waals surface area contributed by atoms with Crippen molar-refractivity contribution in [3.8, 4) is 23.1 Å². The molecule has 5 heterocycles. The standard InChI is InChI=1S/C21H24F3N3O4.C20H22F3N3O4.C20H23F2N3O4.C17H22N4O5/c1-11-7-13(22)18(24)19(17(11)23)31-10-15(28)14(27-20(29)21(2,3)30-4)8-12-5-6-26-16(25)9-12;1-20(2,29-3)19(28)26-14(8-11-6-7-25-16(24)9-11)15(27)10-30-18-13(22)5-4-12(21)17(18)23;1-20(2,28-3)19(27)25-15(9-12-7-8-24-17(23)10-12)16(26)11-29-18-13(21)5-4-6-14(18)22;1-17(2,24-3)16(23)20-12(8-11-4-6-19-14(18)9-11)13(22)10-25-15-5-7-26-21-15/h5-7,9,14H,8,10H2,1-4H3,(H2,25,26)(H,27,29);4-7,9,14H,8,10H2,1-3H3,(H2,24,25)(H,26,28);4-8,10,15H,9,11H2,1-3H3,(H2,23,24)(H,25,27);4-7,9,12H,8,10H2,1-3H3,(H2,18,19)(H,20,23). The van der Waals surface area contributed by atoms with E-state index in [-0.39, 0.29) is 67.0 Å². The number of Topliss-reactive ketones (excluding diaryl/α,β-unsaturated/α-hetero) is 4. The fourth-order valence-electron chi connectivity index (χ4n) is 9.45. The number of carbonyl (C=O) groups is 8. The van der Waals surface area contributed by atoms with Crippen molar-refractivity contribution in [1.82, 2.24) is 46.4 Å². The van der Waals surface area contributed by atoms with Gasteiger partial charge in [-0.15, -0.1) is 0 Å². The number of nitrogens with two attached hydrogens (primary N) is 4. The van der Waals surface area contributed by atoms with E-state index >= 15 is 0 Å². The molecule has 38 heteroatoms. The van der Waals surface area contributed by atoms with Crippen molar-refractivity contribution < 1.29 is 116 Å². The molecule has 0 bridgehead atoms. The SMILES string of the molecule is COC(C)(C)C(=O)NC(Cc1ccnc(N)c1)C(=O)COc1c(F)c(C)cc(F)c1F.COC(C)(C)C(=O)NC(Cc1ccnc(N)c1)C(=O)COc1c(F)ccc(F)c1F.COC(C)(C)C(=O)NC(Cc1ccnc(N)c1)C(=O)COc1c(F)cccc1F.COC(C)(C)C(=O)NC(Cc1ccnc(N)c1)C(=O)COc1ccon1. The van der Waals surface area contributed by atoms with E-state index in [1.165, 1.54) is 112 Å². The normalized spacial score (nSPS) is 12.4. The number of aromatic nitrogens is 5. The molecule has 116 heavy (non-hydrogen) atoms. The number of halogens is 8. The van der Waals surface area contributed by atoms with Crippen LogP contribution in [-0.2, 0) is 83.0 Å². The zero-order valence-corrected chi connectivity index (χ0v) is 65.5. The Labute approximate surface area is 661 Å². The molecule has 0 aliphatic heterocycles. The summed E-state index contributed by atoms with van der Waals surface area (Å²) in [6.45, 7) is 11.0. The number of methoxy groups -OCH3 is 4. The van der Waals surface area contributed by atoms with Crippen LogP contribution in [0.2, 0.25) is 0 Å². The van der Waals surface area contributed by atoms with Crippen molar-refractivity contribution >= 4 is 70.0 Å². The Morgan fingerprint density at radius 2 is 0.672 bits per heavy atom. The molecule has 626 valence electrons. The molecule has 8 rings (SSSR count). The van der Waals surface area contributed by atoms with E-state index in [1.807, 2.05) is 0 Å². The number of hydrogen-bond donors (Lipinski definition) is 8. The van der Waals surface area contributed by atoms with E-state index in [0.29, 0.717) is 40.7 Å². The van der Waals surface area contributed by atoms with Gasteiger partial charge in [-0.1, -0.05) is 6.07 Å². The Bertz CT molecular complexity index is 4670. The molecule has 4 amide bonds. The van der Waals surface area contributed by atoms with Crippen LogP contribution in [0.25, 0.3) is 0 Å². The Morgan fingerprint density at radius 3 is 0.983 bits per heavy atom. The van der Waals surface area contributed by atoms with Gasteiger partial charge in [0.25, 0.3) is 29.5 Å². The minimum Gasteiger partial charge on any atom is -0.480 e. The van der Waals surface area contributed by atoms with Crippen LogP contribution in [0.4, 0.5) is 58.4 Å². The number of nitrogens with one attached hydrogen (secondary N) is 4. The lowest BCUT2D eigenvalue weighted by molar-refractivity contribution is -0.142. The average molecular weight is 1630 g/mol. The highest BCUT2D eigenvalue weighted by molar-refractivity contribution is 5.95. The van der Waals surface area contributed by atoms with Gasteiger partial charge < -0.3 is 86.6 Å². The van der Waals surface area contributed by atoms with E-state index in [1.54, 1.807) is 70.3 Å². The van der Waals surface area contributed by atoms with Gasteiger partial charge in [-0.3, -0.25) is 38.4 Å².